The lowest BCUT2D eigenvalue weighted by Gasteiger charge is -2.25. The summed E-state index contributed by atoms with van der Waals surface area (Å²) in [6, 6.07) is 9.67. The van der Waals surface area contributed by atoms with Crippen molar-refractivity contribution in [2.45, 2.75) is 71.0 Å². The van der Waals surface area contributed by atoms with Crippen molar-refractivity contribution >= 4 is 12.2 Å². The molecule has 0 spiro atoms. The molecule has 9 heteroatoms. The van der Waals surface area contributed by atoms with Gasteiger partial charge in [0.15, 0.2) is 5.82 Å². The molecule has 6 rings (SSSR count). The second-order valence-electron chi connectivity index (χ2n) is 9.70. The van der Waals surface area contributed by atoms with E-state index in [1.54, 1.807) is 29.2 Å². The van der Waals surface area contributed by atoms with Crippen LogP contribution in [0.5, 0.6) is 0 Å². The molecule has 6 nitrogen and oxygen atoms in total. The summed E-state index contributed by atoms with van der Waals surface area (Å²) >= 11 is 0. The Balaban J connectivity index is 0.000000916. The Morgan fingerprint density at radius 3 is 2.47 bits per heavy atom. The molecule has 1 atom stereocenters. The van der Waals surface area contributed by atoms with Crippen LogP contribution in [-0.4, -0.2) is 29.3 Å². The lowest BCUT2D eigenvalue weighted by Crippen LogP contribution is -2.21. The fraction of sp³-hybridized carbons (Fsp3) is 0.379. The normalized spacial score (nSPS) is 16.7. The van der Waals surface area contributed by atoms with Gasteiger partial charge < -0.3 is 4.57 Å². The number of hydrogen-bond acceptors (Lipinski definition) is 4. The maximum absolute atomic E-state index is 13.6. The largest absolute Gasteiger partial charge is 0.416 e. The molecule has 0 amide bonds. The first kappa shape index (κ1) is 25.9. The molecule has 0 N–H and O–H groups in total. The molecule has 3 aromatic heterocycles. The fourth-order valence-electron chi connectivity index (χ4n) is 4.61. The number of hydrogen-bond donors (Lipinski definition) is 0. The monoisotopic (exact) mass is 520 g/mol. The number of aryl methyl sites for hydroxylation is 3. The molecule has 1 aromatic carbocycles. The highest BCUT2D eigenvalue weighted by molar-refractivity contribution is 5.65. The minimum absolute atomic E-state index is 0.253. The van der Waals surface area contributed by atoms with E-state index in [9.17, 15) is 13.2 Å². The van der Waals surface area contributed by atoms with E-state index in [1.165, 1.54) is 25.3 Å². The van der Waals surface area contributed by atoms with Crippen LogP contribution < -0.4 is 0 Å². The van der Waals surface area contributed by atoms with Gasteiger partial charge in [-0.05, 0) is 62.1 Å². The van der Waals surface area contributed by atoms with Crippen molar-refractivity contribution in [3.05, 3.63) is 88.8 Å². The number of aromatic nitrogens is 6. The number of benzene rings is 1. The number of rotatable bonds is 5. The Bertz CT molecular complexity index is 1430. The molecular weight excluding hydrogens is 489 g/mol. The first-order valence-electron chi connectivity index (χ1n) is 13.1. The van der Waals surface area contributed by atoms with Crippen LogP contribution in [0.3, 0.4) is 0 Å². The standard InChI is InChI=1S/C26H25F3N6.C3H6/c1-3-22-23(34-15-17(2)30-16-34)12-10-18(31-22)11-13-24-32-25-20(8-6-14-35(25)33-24)19-7-4-5-9-21(19)26(27,28)29;1-2-3-1/h4-5,7,9-13,15-16,20H,3,6,8,14H2,1-2H3;1-3H2/b13-11+;. The van der Waals surface area contributed by atoms with Crippen LogP contribution >= 0.6 is 0 Å². The zero-order valence-corrected chi connectivity index (χ0v) is 21.6. The summed E-state index contributed by atoms with van der Waals surface area (Å²) in [4.78, 5) is 13.7. The van der Waals surface area contributed by atoms with Crippen LogP contribution in [0.1, 0.15) is 84.8 Å². The smallest absolute Gasteiger partial charge is 0.304 e. The predicted molar refractivity (Wildman–Crippen MR) is 141 cm³/mol. The average molecular weight is 521 g/mol. The summed E-state index contributed by atoms with van der Waals surface area (Å²) in [5.41, 5.74) is 3.25. The lowest BCUT2D eigenvalue weighted by atomic mass is 9.88. The lowest BCUT2D eigenvalue weighted by molar-refractivity contribution is -0.138. The number of pyridine rings is 1. The van der Waals surface area contributed by atoms with E-state index in [1.807, 2.05) is 42.8 Å². The molecular formula is C29H31F3N6. The Kier molecular flexibility index (Phi) is 7.44. The molecule has 4 heterocycles. The molecule has 1 unspecified atom stereocenters. The molecule has 198 valence electrons. The molecule has 2 aliphatic rings. The number of alkyl halides is 3. The quantitative estimate of drug-likeness (QED) is 0.284. The summed E-state index contributed by atoms with van der Waals surface area (Å²) in [7, 11) is 0. The average Bonchev–Trinajstić information content (AvgIpc) is 3.64. The van der Waals surface area contributed by atoms with Gasteiger partial charge in [-0.15, -0.1) is 0 Å². The molecule has 38 heavy (non-hydrogen) atoms. The Labute approximate surface area is 220 Å². The van der Waals surface area contributed by atoms with Crippen molar-refractivity contribution < 1.29 is 13.2 Å². The van der Waals surface area contributed by atoms with Gasteiger partial charge in [-0.2, -0.15) is 18.3 Å². The van der Waals surface area contributed by atoms with E-state index in [-0.39, 0.29) is 5.56 Å². The molecule has 0 bridgehead atoms. The molecule has 1 aliphatic heterocycles. The van der Waals surface area contributed by atoms with E-state index in [0.717, 1.165) is 41.7 Å². The van der Waals surface area contributed by atoms with Crippen LogP contribution in [0.2, 0.25) is 0 Å². The first-order chi connectivity index (χ1) is 18.3. The summed E-state index contributed by atoms with van der Waals surface area (Å²) in [5, 5.41) is 4.54. The zero-order valence-electron chi connectivity index (χ0n) is 21.6. The first-order valence-corrected chi connectivity index (χ1v) is 13.1. The summed E-state index contributed by atoms with van der Waals surface area (Å²) in [5.74, 6) is 0.588. The topological polar surface area (TPSA) is 61.4 Å². The maximum atomic E-state index is 13.6. The van der Waals surface area contributed by atoms with Crippen LogP contribution in [0, 0.1) is 6.92 Å². The Morgan fingerprint density at radius 2 is 1.79 bits per heavy atom. The maximum Gasteiger partial charge on any atom is 0.416 e. The highest BCUT2D eigenvalue weighted by Gasteiger charge is 2.37. The van der Waals surface area contributed by atoms with Gasteiger partial charge in [0.05, 0.1) is 34.7 Å². The molecule has 4 aromatic rings. The molecule has 0 radical (unpaired) electrons. The van der Waals surface area contributed by atoms with Gasteiger partial charge in [0.2, 0.25) is 0 Å². The van der Waals surface area contributed by atoms with Crippen molar-refractivity contribution in [3.8, 4) is 5.69 Å². The van der Waals surface area contributed by atoms with Crippen molar-refractivity contribution in [1.82, 2.24) is 29.3 Å². The third-order valence-electron chi connectivity index (χ3n) is 6.59. The molecule has 1 saturated carbocycles. The third-order valence-corrected chi connectivity index (χ3v) is 6.59. The van der Waals surface area contributed by atoms with Gasteiger partial charge in [-0.1, -0.05) is 44.4 Å². The molecule has 1 fully saturated rings. The van der Waals surface area contributed by atoms with Crippen LogP contribution in [0.25, 0.3) is 17.8 Å². The Morgan fingerprint density at radius 1 is 1.00 bits per heavy atom. The van der Waals surface area contributed by atoms with E-state index in [2.05, 4.69) is 15.1 Å². The minimum Gasteiger partial charge on any atom is -0.304 e. The molecule has 0 saturated heterocycles. The van der Waals surface area contributed by atoms with Gasteiger partial charge in [-0.25, -0.2) is 14.6 Å². The number of halogens is 3. The van der Waals surface area contributed by atoms with Crippen molar-refractivity contribution in [3.63, 3.8) is 0 Å². The van der Waals surface area contributed by atoms with Gasteiger partial charge in [0.1, 0.15) is 5.82 Å². The highest BCUT2D eigenvalue weighted by Crippen LogP contribution is 2.40. The molecule has 1 aliphatic carbocycles. The van der Waals surface area contributed by atoms with Crippen LogP contribution in [0.4, 0.5) is 13.2 Å². The zero-order chi connectivity index (χ0) is 26.7. The van der Waals surface area contributed by atoms with E-state index in [4.69, 9.17) is 4.98 Å². The summed E-state index contributed by atoms with van der Waals surface area (Å²) in [6.45, 7) is 4.63. The second-order valence-corrected chi connectivity index (χ2v) is 9.70. The number of imidazole rings is 1. The van der Waals surface area contributed by atoms with Crippen LogP contribution in [-0.2, 0) is 19.1 Å². The van der Waals surface area contributed by atoms with E-state index >= 15 is 0 Å². The number of nitrogens with zero attached hydrogens (tertiary/aromatic N) is 6. The summed E-state index contributed by atoms with van der Waals surface area (Å²) in [6.07, 6.45) is 9.52. The highest BCUT2D eigenvalue weighted by atomic mass is 19.4. The van der Waals surface area contributed by atoms with Gasteiger partial charge in [0, 0.05) is 18.7 Å². The fourth-order valence-corrected chi connectivity index (χ4v) is 4.61. The SMILES string of the molecule is C1CC1.CCc1nc(/C=C/c2nc3n(n2)CCCC3c2ccccc2C(F)(F)F)ccc1-n1cnc(C)c1. The minimum atomic E-state index is -4.41. The van der Waals surface area contributed by atoms with Crippen molar-refractivity contribution in [1.29, 1.82) is 0 Å². The van der Waals surface area contributed by atoms with E-state index < -0.39 is 17.7 Å². The van der Waals surface area contributed by atoms with Gasteiger partial charge >= 0.3 is 6.18 Å². The van der Waals surface area contributed by atoms with Gasteiger partial charge in [-0.3, -0.25) is 4.98 Å². The second kappa shape index (κ2) is 10.9. The predicted octanol–water partition coefficient (Wildman–Crippen LogP) is 7.01. The van der Waals surface area contributed by atoms with E-state index in [0.29, 0.717) is 24.6 Å². The summed E-state index contributed by atoms with van der Waals surface area (Å²) < 4.78 is 44.6. The van der Waals surface area contributed by atoms with Crippen LogP contribution in [0.15, 0.2) is 48.9 Å². The van der Waals surface area contributed by atoms with Crippen molar-refractivity contribution in [2.75, 3.05) is 0 Å². The Hall–Kier alpha value is -3.75. The third kappa shape index (κ3) is 5.87. The van der Waals surface area contributed by atoms with Gasteiger partial charge in [0.25, 0.3) is 0 Å². The number of fused-ring (bicyclic) bond motifs is 1. The van der Waals surface area contributed by atoms with Crippen molar-refractivity contribution in [2.24, 2.45) is 0 Å².